The minimum atomic E-state index is -0.615. The largest absolute Gasteiger partial charge is 0.493 e. The van der Waals surface area contributed by atoms with Crippen molar-refractivity contribution in [2.24, 2.45) is 23.7 Å². The van der Waals surface area contributed by atoms with Crippen molar-refractivity contribution in [3.05, 3.63) is 29.3 Å². The number of para-hydroxylation sites is 1. The fourth-order valence-electron chi connectivity index (χ4n) is 6.05. The molecule has 0 amide bonds. The summed E-state index contributed by atoms with van der Waals surface area (Å²) in [6.07, 6.45) is 8.54. The van der Waals surface area contributed by atoms with Gasteiger partial charge in [0.15, 0.2) is 0 Å². The Labute approximate surface area is 126 Å². The van der Waals surface area contributed by atoms with Crippen LogP contribution < -0.4 is 4.74 Å². The van der Waals surface area contributed by atoms with Gasteiger partial charge in [-0.25, -0.2) is 0 Å². The number of aliphatic hydroxyl groups is 1. The molecular weight excluding hydrogens is 260 g/mol. The van der Waals surface area contributed by atoms with Gasteiger partial charge in [-0.15, -0.1) is 0 Å². The van der Waals surface area contributed by atoms with Crippen molar-refractivity contribution in [1.82, 2.24) is 0 Å². The Kier molecular flexibility index (Phi) is 2.54. The molecule has 2 nitrogen and oxygen atoms in total. The Hall–Kier alpha value is -1.02. The van der Waals surface area contributed by atoms with E-state index in [1.54, 1.807) is 0 Å². The van der Waals surface area contributed by atoms with Gasteiger partial charge in [0.1, 0.15) is 5.75 Å². The first-order valence-corrected chi connectivity index (χ1v) is 8.72. The highest BCUT2D eigenvalue weighted by Crippen LogP contribution is 2.63. The summed E-state index contributed by atoms with van der Waals surface area (Å²) in [6.45, 7) is 0.806. The summed E-state index contributed by atoms with van der Waals surface area (Å²) in [4.78, 5) is 0. The first-order chi connectivity index (χ1) is 10.2. The molecule has 1 aromatic rings. The standard InChI is InChI=1S/C19H24O2/c20-19(15-8-12-7-13(10-15)11-16(19)9-12)17-5-1-3-14-4-2-6-21-18(14)17/h1,3,5,12-13,15-16,20H,2,4,6-11H2. The second-order valence-corrected chi connectivity index (χ2v) is 7.88. The third-order valence-electron chi connectivity index (χ3n) is 6.75. The predicted molar refractivity (Wildman–Crippen MR) is 81.2 cm³/mol. The summed E-state index contributed by atoms with van der Waals surface area (Å²) in [5.74, 6) is 3.72. The van der Waals surface area contributed by atoms with Gasteiger partial charge < -0.3 is 9.84 Å². The molecule has 0 atom stereocenters. The molecule has 4 bridgehead atoms. The van der Waals surface area contributed by atoms with E-state index in [1.807, 2.05) is 0 Å². The Bertz CT molecular complexity index is 549. The molecule has 4 aliphatic carbocycles. The van der Waals surface area contributed by atoms with Gasteiger partial charge in [0.25, 0.3) is 0 Å². The van der Waals surface area contributed by atoms with Crippen molar-refractivity contribution in [2.45, 2.75) is 50.5 Å². The number of hydrogen-bond acceptors (Lipinski definition) is 2. The van der Waals surface area contributed by atoms with Crippen LogP contribution in [0.5, 0.6) is 5.75 Å². The Morgan fingerprint density at radius 2 is 1.71 bits per heavy atom. The molecule has 4 saturated carbocycles. The van der Waals surface area contributed by atoms with Crippen LogP contribution in [0.1, 0.15) is 49.7 Å². The maximum atomic E-state index is 11.7. The van der Waals surface area contributed by atoms with Crippen molar-refractivity contribution >= 4 is 0 Å². The van der Waals surface area contributed by atoms with E-state index in [2.05, 4.69) is 18.2 Å². The lowest BCUT2D eigenvalue weighted by molar-refractivity contribution is -0.180. The third-order valence-corrected chi connectivity index (χ3v) is 6.75. The van der Waals surface area contributed by atoms with Crippen LogP contribution in [0.2, 0.25) is 0 Å². The van der Waals surface area contributed by atoms with E-state index < -0.39 is 5.60 Å². The minimum Gasteiger partial charge on any atom is -0.493 e. The van der Waals surface area contributed by atoms with E-state index in [-0.39, 0.29) is 0 Å². The number of rotatable bonds is 1. The fourth-order valence-corrected chi connectivity index (χ4v) is 6.05. The minimum absolute atomic E-state index is 0.464. The van der Waals surface area contributed by atoms with Crippen LogP contribution in [0.3, 0.4) is 0 Å². The smallest absolute Gasteiger partial charge is 0.128 e. The molecule has 0 spiro atoms. The Balaban J connectivity index is 1.63. The van der Waals surface area contributed by atoms with Crippen LogP contribution >= 0.6 is 0 Å². The van der Waals surface area contributed by atoms with E-state index >= 15 is 0 Å². The van der Waals surface area contributed by atoms with Crippen molar-refractivity contribution in [3.8, 4) is 5.75 Å². The molecule has 0 radical (unpaired) electrons. The molecule has 0 saturated heterocycles. The number of hydrogen-bond donors (Lipinski definition) is 1. The van der Waals surface area contributed by atoms with E-state index in [0.717, 1.165) is 42.6 Å². The van der Waals surface area contributed by atoms with Crippen molar-refractivity contribution in [1.29, 1.82) is 0 Å². The Morgan fingerprint density at radius 1 is 1.00 bits per heavy atom. The van der Waals surface area contributed by atoms with Crippen LogP contribution in [0.4, 0.5) is 0 Å². The molecule has 21 heavy (non-hydrogen) atoms. The first-order valence-electron chi connectivity index (χ1n) is 8.72. The van der Waals surface area contributed by atoms with Crippen molar-refractivity contribution in [2.75, 3.05) is 6.61 Å². The molecule has 112 valence electrons. The summed E-state index contributed by atoms with van der Waals surface area (Å²) in [5, 5.41) is 11.7. The number of aryl methyl sites for hydroxylation is 1. The molecule has 6 rings (SSSR count). The van der Waals surface area contributed by atoms with Crippen LogP contribution in [-0.2, 0) is 12.0 Å². The molecule has 5 aliphatic rings. The summed E-state index contributed by atoms with van der Waals surface area (Å²) < 4.78 is 6.02. The quantitative estimate of drug-likeness (QED) is 0.853. The third kappa shape index (κ3) is 1.63. The van der Waals surface area contributed by atoms with Crippen molar-refractivity contribution in [3.63, 3.8) is 0 Å². The van der Waals surface area contributed by atoms with Crippen LogP contribution in [-0.4, -0.2) is 11.7 Å². The fraction of sp³-hybridized carbons (Fsp3) is 0.684. The van der Waals surface area contributed by atoms with Gasteiger partial charge in [-0.05, 0) is 74.2 Å². The molecule has 0 aromatic heterocycles. The van der Waals surface area contributed by atoms with Crippen LogP contribution in [0.15, 0.2) is 18.2 Å². The lowest BCUT2D eigenvalue weighted by atomic mass is 9.48. The predicted octanol–water partition coefficient (Wildman–Crippen LogP) is 3.66. The van der Waals surface area contributed by atoms with Crippen LogP contribution in [0.25, 0.3) is 0 Å². The molecular formula is C19H24O2. The highest BCUT2D eigenvalue weighted by atomic mass is 16.5. The first kappa shape index (κ1) is 12.5. The summed E-state index contributed by atoms with van der Waals surface area (Å²) in [6, 6.07) is 6.45. The van der Waals surface area contributed by atoms with Gasteiger partial charge in [0.2, 0.25) is 0 Å². The van der Waals surface area contributed by atoms with Crippen LogP contribution in [0, 0.1) is 23.7 Å². The summed E-state index contributed by atoms with van der Waals surface area (Å²) in [7, 11) is 0. The SMILES string of the molecule is OC1(c2cccc3c2OCCC3)C2CC3CC(C2)CC1C3. The zero-order chi connectivity index (χ0) is 14.0. The second kappa shape index (κ2) is 4.25. The normalized spacial score (nSPS) is 43.5. The second-order valence-electron chi connectivity index (χ2n) is 7.88. The van der Waals surface area contributed by atoms with Gasteiger partial charge in [0.05, 0.1) is 12.2 Å². The van der Waals surface area contributed by atoms with E-state index in [0.29, 0.717) is 11.8 Å². The maximum Gasteiger partial charge on any atom is 0.128 e. The van der Waals surface area contributed by atoms with Gasteiger partial charge >= 0.3 is 0 Å². The zero-order valence-electron chi connectivity index (χ0n) is 12.6. The highest BCUT2D eigenvalue weighted by Gasteiger charge is 2.58. The monoisotopic (exact) mass is 284 g/mol. The maximum absolute atomic E-state index is 11.7. The average molecular weight is 284 g/mol. The van der Waals surface area contributed by atoms with Gasteiger partial charge in [-0.1, -0.05) is 18.2 Å². The number of ether oxygens (including phenoxy) is 1. The topological polar surface area (TPSA) is 29.5 Å². The zero-order valence-corrected chi connectivity index (χ0v) is 12.6. The lowest BCUT2D eigenvalue weighted by Gasteiger charge is -2.59. The van der Waals surface area contributed by atoms with E-state index in [9.17, 15) is 5.11 Å². The molecule has 0 unspecified atom stereocenters. The molecule has 1 N–H and O–H groups in total. The van der Waals surface area contributed by atoms with E-state index in [4.69, 9.17) is 4.74 Å². The molecule has 4 fully saturated rings. The molecule has 2 heteroatoms. The molecule has 1 aromatic carbocycles. The van der Waals surface area contributed by atoms with Gasteiger partial charge in [0, 0.05) is 5.56 Å². The average Bonchev–Trinajstić information content (AvgIpc) is 2.51. The summed E-state index contributed by atoms with van der Waals surface area (Å²) >= 11 is 0. The van der Waals surface area contributed by atoms with Gasteiger partial charge in [-0.2, -0.15) is 0 Å². The summed E-state index contributed by atoms with van der Waals surface area (Å²) in [5.41, 5.74) is 1.81. The molecule has 1 heterocycles. The van der Waals surface area contributed by atoms with Crippen molar-refractivity contribution < 1.29 is 9.84 Å². The van der Waals surface area contributed by atoms with E-state index in [1.165, 1.54) is 37.7 Å². The lowest BCUT2D eigenvalue weighted by Crippen LogP contribution is -2.55. The Morgan fingerprint density at radius 3 is 2.43 bits per heavy atom. The molecule has 1 aliphatic heterocycles. The highest BCUT2D eigenvalue weighted by molar-refractivity contribution is 5.47. The number of benzene rings is 1. The van der Waals surface area contributed by atoms with Gasteiger partial charge in [-0.3, -0.25) is 0 Å². The number of fused-ring (bicyclic) bond motifs is 1.